The normalized spacial score (nSPS) is 16.9. The number of likely N-dealkylation sites (N-methyl/N-ethyl adjacent to an activating group) is 1. The summed E-state index contributed by atoms with van der Waals surface area (Å²) in [5, 5.41) is 12.2. The Morgan fingerprint density at radius 1 is 1.45 bits per heavy atom. The molecule has 2 N–H and O–H groups in total. The zero-order chi connectivity index (χ0) is 8.91. The molecule has 11 heavy (non-hydrogen) atoms. The van der Waals surface area contributed by atoms with E-state index in [2.05, 4.69) is 26.1 Å². The van der Waals surface area contributed by atoms with Crippen molar-refractivity contribution >= 4 is 0 Å². The Hall–Kier alpha value is -0.0800. The molecule has 1 unspecified atom stereocenters. The van der Waals surface area contributed by atoms with Gasteiger partial charge in [0.2, 0.25) is 0 Å². The van der Waals surface area contributed by atoms with Crippen molar-refractivity contribution < 1.29 is 5.11 Å². The van der Waals surface area contributed by atoms with E-state index >= 15 is 0 Å². The van der Waals surface area contributed by atoms with E-state index in [4.69, 9.17) is 5.11 Å². The number of aliphatic hydroxyl groups is 1. The first kappa shape index (κ1) is 10.9. The van der Waals surface area contributed by atoms with E-state index in [-0.39, 0.29) is 12.1 Å². The van der Waals surface area contributed by atoms with Crippen molar-refractivity contribution in [3.05, 3.63) is 0 Å². The third-order valence-corrected chi connectivity index (χ3v) is 2.23. The minimum absolute atomic E-state index is 0.0791. The van der Waals surface area contributed by atoms with Crippen LogP contribution in [-0.4, -0.2) is 24.3 Å². The van der Waals surface area contributed by atoms with Crippen LogP contribution in [0.3, 0.4) is 0 Å². The van der Waals surface area contributed by atoms with E-state index in [1.165, 1.54) is 0 Å². The Labute approximate surface area is 70.0 Å². The third-order valence-electron chi connectivity index (χ3n) is 2.23. The van der Waals surface area contributed by atoms with E-state index in [0.29, 0.717) is 5.92 Å². The molecule has 2 nitrogen and oxygen atoms in total. The van der Waals surface area contributed by atoms with Gasteiger partial charge in [0.25, 0.3) is 0 Å². The summed E-state index contributed by atoms with van der Waals surface area (Å²) in [6.45, 7) is 6.67. The largest absolute Gasteiger partial charge is 0.394 e. The monoisotopic (exact) mass is 159 g/mol. The fourth-order valence-electron chi connectivity index (χ4n) is 0.890. The lowest BCUT2D eigenvalue weighted by Crippen LogP contribution is -2.43. The summed E-state index contributed by atoms with van der Waals surface area (Å²) in [5.41, 5.74) is -0.0791. The summed E-state index contributed by atoms with van der Waals surface area (Å²) < 4.78 is 0. The molecule has 0 radical (unpaired) electrons. The molecular weight excluding hydrogens is 138 g/mol. The molecule has 0 bridgehead atoms. The Morgan fingerprint density at radius 3 is 2.27 bits per heavy atom. The first-order chi connectivity index (χ1) is 5.04. The zero-order valence-electron chi connectivity index (χ0n) is 8.15. The quantitative estimate of drug-likeness (QED) is 0.635. The van der Waals surface area contributed by atoms with Gasteiger partial charge in [-0.15, -0.1) is 0 Å². The summed E-state index contributed by atoms with van der Waals surface area (Å²) in [7, 11) is 1.90. The van der Waals surface area contributed by atoms with Crippen LogP contribution < -0.4 is 5.32 Å². The second-order valence-corrected chi connectivity index (χ2v) is 3.90. The smallest absolute Gasteiger partial charge is 0.0610 e. The average Bonchev–Trinajstić information content (AvgIpc) is 2.00. The topological polar surface area (TPSA) is 32.3 Å². The number of aliphatic hydroxyl groups excluding tert-OH is 1. The molecule has 1 atom stereocenters. The molecule has 0 rings (SSSR count). The molecule has 0 aliphatic heterocycles. The lowest BCUT2D eigenvalue weighted by Gasteiger charge is -2.27. The van der Waals surface area contributed by atoms with Gasteiger partial charge in [0, 0.05) is 5.54 Å². The molecule has 0 aromatic heterocycles. The second-order valence-electron chi connectivity index (χ2n) is 3.90. The highest BCUT2D eigenvalue weighted by Gasteiger charge is 2.20. The summed E-state index contributed by atoms with van der Waals surface area (Å²) in [4.78, 5) is 0. The summed E-state index contributed by atoms with van der Waals surface area (Å²) in [5.74, 6) is 0.717. The maximum atomic E-state index is 9.04. The molecule has 0 fully saturated rings. The average molecular weight is 159 g/mol. The van der Waals surface area contributed by atoms with Gasteiger partial charge in [0.05, 0.1) is 6.61 Å². The van der Waals surface area contributed by atoms with Crippen molar-refractivity contribution in [1.82, 2.24) is 5.32 Å². The fourth-order valence-corrected chi connectivity index (χ4v) is 0.890. The van der Waals surface area contributed by atoms with Crippen LogP contribution in [0, 0.1) is 5.92 Å². The minimum atomic E-state index is -0.0791. The van der Waals surface area contributed by atoms with E-state index in [1.807, 2.05) is 7.05 Å². The van der Waals surface area contributed by atoms with Crippen molar-refractivity contribution in [2.45, 2.75) is 39.2 Å². The second kappa shape index (κ2) is 4.73. The molecule has 0 saturated heterocycles. The molecule has 2 heteroatoms. The zero-order valence-corrected chi connectivity index (χ0v) is 8.15. The molecule has 0 saturated carbocycles. The fraction of sp³-hybridized carbons (Fsp3) is 1.00. The molecule has 0 aromatic rings. The molecule has 68 valence electrons. The van der Waals surface area contributed by atoms with Crippen LogP contribution in [0.4, 0.5) is 0 Å². The summed E-state index contributed by atoms with van der Waals surface area (Å²) in [6.07, 6.45) is 2.20. The van der Waals surface area contributed by atoms with E-state index in [1.54, 1.807) is 0 Å². The van der Waals surface area contributed by atoms with Crippen molar-refractivity contribution in [2.75, 3.05) is 13.7 Å². The van der Waals surface area contributed by atoms with Gasteiger partial charge in [0.15, 0.2) is 0 Å². The van der Waals surface area contributed by atoms with Crippen LogP contribution in [0.15, 0.2) is 0 Å². The van der Waals surface area contributed by atoms with Gasteiger partial charge in [0.1, 0.15) is 0 Å². The Balaban J connectivity index is 3.69. The lowest BCUT2D eigenvalue weighted by molar-refractivity contribution is 0.167. The number of hydrogen-bond donors (Lipinski definition) is 2. The molecule has 0 heterocycles. The van der Waals surface area contributed by atoms with Gasteiger partial charge in [-0.05, 0) is 32.7 Å². The highest BCUT2D eigenvalue weighted by atomic mass is 16.3. The number of rotatable bonds is 5. The standard InChI is InChI=1S/C9H21NO/c1-8(2)5-6-9(3,7-11)10-4/h8,10-11H,5-7H2,1-4H3. The minimum Gasteiger partial charge on any atom is -0.394 e. The number of nitrogens with one attached hydrogen (secondary N) is 1. The maximum Gasteiger partial charge on any atom is 0.0610 e. The van der Waals surface area contributed by atoms with Crippen molar-refractivity contribution in [3.63, 3.8) is 0 Å². The highest BCUT2D eigenvalue weighted by molar-refractivity contribution is 4.80. The lowest BCUT2D eigenvalue weighted by atomic mass is 9.93. The van der Waals surface area contributed by atoms with E-state index < -0.39 is 0 Å². The van der Waals surface area contributed by atoms with Crippen LogP contribution in [0.25, 0.3) is 0 Å². The summed E-state index contributed by atoms with van der Waals surface area (Å²) in [6, 6.07) is 0. The van der Waals surface area contributed by atoms with Gasteiger partial charge in [-0.2, -0.15) is 0 Å². The maximum absolute atomic E-state index is 9.04. The van der Waals surface area contributed by atoms with Gasteiger partial charge >= 0.3 is 0 Å². The predicted octanol–water partition coefficient (Wildman–Crippen LogP) is 1.39. The summed E-state index contributed by atoms with van der Waals surface area (Å²) >= 11 is 0. The molecule has 0 amide bonds. The highest BCUT2D eigenvalue weighted by Crippen LogP contribution is 2.14. The SMILES string of the molecule is CNC(C)(CO)CCC(C)C. The van der Waals surface area contributed by atoms with Crippen LogP contribution in [0.5, 0.6) is 0 Å². The molecule has 0 aliphatic carbocycles. The van der Waals surface area contributed by atoms with Crippen molar-refractivity contribution in [1.29, 1.82) is 0 Å². The van der Waals surface area contributed by atoms with E-state index in [9.17, 15) is 0 Å². The van der Waals surface area contributed by atoms with Crippen molar-refractivity contribution in [3.8, 4) is 0 Å². The first-order valence-electron chi connectivity index (χ1n) is 4.34. The number of hydrogen-bond acceptors (Lipinski definition) is 2. The van der Waals surface area contributed by atoms with Gasteiger partial charge < -0.3 is 10.4 Å². The Morgan fingerprint density at radius 2 is 2.00 bits per heavy atom. The van der Waals surface area contributed by atoms with E-state index in [0.717, 1.165) is 12.8 Å². The molecule has 0 aromatic carbocycles. The molecule has 0 aliphatic rings. The molecular formula is C9H21NO. The van der Waals surface area contributed by atoms with Gasteiger partial charge in [-0.1, -0.05) is 13.8 Å². The van der Waals surface area contributed by atoms with Crippen molar-refractivity contribution in [2.24, 2.45) is 5.92 Å². The third kappa shape index (κ3) is 4.38. The Kier molecular flexibility index (Phi) is 4.69. The van der Waals surface area contributed by atoms with Crippen LogP contribution in [0.1, 0.15) is 33.6 Å². The van der Waals surface area contributed by atoms with Gasteiger partial charge in [-0.25, -0.2) is 0 Å². The predicted molar refractivity (Wildman–Crippen MR) is 48.6 cm³/mol. The van der Waals surface area contributed by atoms with Gasteiger partial charge in [-0.3, -0.25) is 0 Å². The van der Waals surface area contributed by atoms with Crippen LogP contribution in [0.2, 0.25) is 0 Å². The van der Waals surface area contributed by atoms with Crippen LogP contribution in [-0.2, 0) is 0 Å². The Bertz CT molecular complexity index is 97.7. The first-order valence-corrected chi connectivity index (χ1v) is 4.34. The molecule has 0 spiro atoms. The van der Waals surface area contributed by atoms with Crippen LogP contribution >= 0.6 is 0 Å².